The summed E-state index contributed by atoms with van der Waals surface area (Å²) < 4.78 is 34.9. The number of sulfone groups is 1. The van der Waals surface area contributed by atoms with Gasteiger partial charge in [-0.25, -0.2) is 12.8 Å². The molecule has 0 aliphatic carbocycles. The number of halogens is 1. The standard InChI is InChI=1S/C9H7FO2S/c1-3-7-4-5-8(6-9(7)10)13(2,11)12/h1,4-6H,2H3. The maximum absolute atomic E-state index is 13.0. The lowest BCUT2D eigenvalue weighted by Crippen LogP contribution is -1.98. The van der Waals surface area contributed by atoms with Crippen LogP contribution in [-0.2, 0) is 9.84 Å². The van der Waals surface area contributed by atoms with Gasteiger partial charge in [0.05, 0.1) is 10.5 Å². The first-order valence-electron chi connectivity index (χ1n) is 3.41. The Balaban J connectivity index is 3.36. The minimum absolute atomic E-state index is 0.0624. The summed E-state index contributed by atoms with van der Waals surface area (Å²) in [7, 11) is -3.36. The zero-order valence-corrected chi connectivity index (χ0v) is 7.73. The van der Waals surface area contributed by atoms with Crippen LogP contribution >= 0.6 is 0 Å². The topological polar surface area (TPSA) is 34.1 Å². The highest BCUT2D eigenvalue weighted by Crippen LogP contribution is 2.13. The summed E-state index contributed by atoms with van der Waals surface area (Å²) in [5, 5.41) is 0. The molecule has 0 amide bonds. The van der Waals surface area contributed by atoms with E-state index in [-0.39, 0.29) is 10.5 Å². The van der Waals surface area contributed by atoms with Crippen LogP contribution in [0.2, 0.25) is 0 Å². The lowest BCUT2D eigenvalue weighted by Gasteiger charge is -1.99. The van der Waals surface area contributed by atoms with Crippen molar-refractivity contribution in [3.63, 3.8) is 0 Å². The zero-order chi connectivity index (χ0) is 10.1. The predicted octanol–water partition coefficient (Wildman–Crippen LogP) is 1.21. The van der Waals surface area contributed by atoms with Gasteiger partial charge < -0.3 is 0 Å². The van der Waals surface area contributed by atoms with E-state index in [0.717, 1.165) is 12.3 Å². The first-order chi connectivity index (χ1) is 5.95. The summed E-state index contributed by atoms with van der Waals surface area (Å²) in [6, 6.07) is 3.48. The second-order valence-corrected chi connectivity index (χ2v) is 4.57. The van der Waals surface area contributed by atoms with Crippen molar-refractivity contribution in [2.24, 2.45) is 0 Å². The number of benzene rings is 1. The maximum atomic E-state index is 13.0. The smallest absolute Gasteiger partial charge is 0.175 e. The summed E-state index contributed by atoms with van der Waals surface area (Å²) in [4.78, 5) is -0.0657. The Bertz CT molecular complexity index is 469. The highest BCUT2D eigenvalue weighted by Gasteiger charge is 2.09. The van der Waals surface area contributed by atoms with Gasteiger partial charge in [0.1, 0.15) is 5.82 Å². The Morgan fingerprint density at radius 1 is 1.46 bits per heavy atom. The van der Waals surface area contributed by atoms with E-state index in [0.29, 0.717) is 0 Å². The molecule has 1 rings (SSSR count). The fourth-order valence-electron chi connectivity index (χ4n) is 0.844. The van der Waals surface area contributed by atoms with E-state index in [2.05, 4.69) is 5.92 Å². The Kier molecular flexibility index (Phi) is 2.39. The third-order valence-electron chi connectivity index (χ3n) is 1.52. The molecule has 4 heteroatoms. The zero-order valence-electron chi connectivity index (χ0n) is 6.91. The summed E-state index contributed by atoms with van der Waals surface area (Å²) in [6.45, 7) is 0. The molecule has 0 saturated heterocycles. The molecule has 0 spiro atoms. The molecule has 0 fully saturated rings. The molecule has 68 valence electrons. The third-order valence-corrected chi connectivity index (χ3v) is 2.63. The average Bonchev–Trinajstić information content (AvgIpc) is 2.02. The molecule has 1 aromatic carbocycles. The van der Waals surface area contributed by atoms with Gasteiger partial charge in [-0.2, -0.15) is 0 Å². The summed E-state index contributed by atoms with van der Waals surface area (Å²) in [6.07, 6.45) is 5.98. The van der Waals surface area contributed by atoms with Crippen LogP contribution in [0.25, 0.3) is 0 Å². The monoisotopic (exact) mass is 198 g/mol. The molecule has 0 radical (unpaired) electrons. The van der Waals surface area contributed by atoms with Crippen LogP contribution in [0, 0.1) is 18.2 Å². The number of terminal acetylenes is 1. The van der Waals surface area contributed by atoms with Crippen molar-refractivity contribution in [2.45, 2.75) is 4.90 Å². The van der Waals surface area contributed by atoms with E-state index in [1.165, 1.54) is 12.1 Å². The minimum atomic E-state index is -3.36. The fraction of sp³-hybridized carbons (Fsp3) is 0.111. The van der Waals surface area contributed by atoms with Crippen molar-refractivity contribution < 1.29 is 12.8 Å². The van der Waals surface area contributed by atoms with Crippen LogP contribution in [0.1, 0.15) is 5.56 Å². The molecule has 0 aliphatic rings. The molecule has 0 bridgehead atoms. The van der Waals surface area contributed by atoms with E-state index in [4.69, 9.17) is 6.42 Å². The van der Waals surface area contributed by atoms with Gasteiger partial charge in [0.2, 0.25) is 0 Å². The molecule has 1 aromatic rings. The van der Waals surface area contributed by atoms with E-state index in [1.807, 2.05) is 0 Å². The Hall–Kier alpha value is -1.34. The normalized spacial score (nSPS) is 10.8. The van der Waals surface area contributed by atoms with Gasteiger partial charge in [-0.1, -0.05) is 5.92 Å². The molecule has 0 N–H and O–H groups in total. The Labute approximate surface area is 76.3 Å². The molecule has 13 heavy (non-hydrogen) atoms. The number of hydrogen-bond donors (Lipinski definition) is 0. The SMILES string of the molecule is C#Cc1ccc(S(C)(=O)=O)cc1F. The van der Waals surface area contributed by atoms with Crippen molar-refractivity contribution in [1.82, 2.24) is 0 Å². The molecule has 0 aromatic heterocycles. The van der Waals surface area contributed by atoms with E-state index < -0.39 is 15.7 Å². The third kappa shape index (κ3) is 2.07. The molecule has 0 heterocycles. The van der Waals surface area contributed by atoms with Crippen LogP contribution in [0.15, 0.2) is 23.1 Å². The van der Waals surface area contributed by atoms with Crippen molar-refractivity contribution in [3.05, 3.63) is 29.6 Å². The summed E-state index contributed by atoms with van der Waals surface area (Å²) in [5.74, 6) is 1.41. The van der Waals surface area contributed by atoms with Crippen LogP contribution in [0.4, 0.5) is 4.39 Å². The van der Waals surface area contributed by atoms with Crippen LogP contribution < -0.4 is 0 Å². The van der Waals surface area contributed by atoms with Crippen molar-refractivity contribution in [3.8, 4) is 12.3 Å². The van der Waals surface area contributed by atoms with Crippen LogP contribution in [0.3, 0.4) is 0 Å². The molecular weight excluding hydrogens is 191 g/mol. The minimum Gasteiger partial charge on any atom is -0.224 e. The van der Waals surface area contributed by atoms with Gasteiger partial charge in [-0.05, 0) is 18.2 Å². The quantitative estimate of drug-likeness (QED) is 0.636. The van der Waals surface area contributed by atoms with Gasteiger partial charge >= 0.3 is 0 Å². The number of hydrogen-bond acceptors (Lipinski definition) is 2. The van der Waals surface area contributed by atoms with E-state index >= 15 is 0 Å². The fourth-order valence-corrected chi connectivity index (χ4v) is 1.48. The van der Waals surface area contributed by atoms with Gasteiger partial charge in [0.25, 0.3) is 0 Å². The van der Waals surface area contributed by atoms with Crippen molar-refractivity contribution in [2.75, 3.05) is 6.26 Å². The van der Waals surface area contributed by atoms with Crippen LogP contribution in [0.5, 0.6) is 0 Å². The highest BCUT2D eigenvalue weighted by atomic mass is 32.2. The van der Waals surface area contributed by atoms with Crippen molar-refractivity contribution in [1.29, 1.82) is 0 Å². The Morgan fingerprint density at radius 3 is 2.46 bits per heavy atom. The first kappa shape index (κ1) is 9.75. The van der Waals surface area contributed by atoms with Gasteiger partial charge in [-0.15, -0.1) is 6.42 Å². The molecule has 0 unspecified atom stereocenters. The molecular formula is C9H7FO2S. The summed E-state index contributed by atoms with van der Waals surface area (Å²) >= 11 is 0. The van der Waals surface area contributed by atoms with Gasteiger partial charge in [-0.3, -0.25) is 0 Å². The lowest BCUT2D eigenvalue weighted by molar-refractivity contribution is 0.595. The molecule has 0 atom stereocenters. The average molecular weight is 198 g/mol. The predicted molar refractivity (Wildman–Crippen MR) is 47.4 cm³/mol. The van der Waals surface area contributed by atoms with Crippen molar-refractivity contribution >= 4 is 9.84 Å². The number of rotatable bonds is 1. The van der Waals surface area contributed by atoms with Gasteiger partial charge in [0, 0.05) is 6.26 Å². The molecule has 2 nitrogen and oxygen atoms in total. The van der Waals surface area contributed by atoms with E-state index in [9.17, 15) is 12.8 Å². The van der Waals surface area contributed by atoms with Crippen LogP contribution in [-0.4, -0.2) is 14.7 Å². The highest BCUT2D eigenvalue weighted by molar-refractivity contribution is 7.90. The van der Waals surface area contributed by atoms with Gasteiger partial charge in [0.15, 0.2) is 9.84 Å². The summed E-state index contributed by atoms with van der Waals surface area (Å²) in [5.41, 5.74) is 0.0624. The second kappa shape index (κ2) is 3.19. The van der Waals surface area contributed by atoms with E-state index in [1.54, 1.807) is 0 Å². The molecule has 0 saturated carbocycles. The largest absolute Gasteiger partial charge is 0.224 e. The first-order valence-corrected chi connectivity index (χ1v) is 5.30. The lowest BCUT2D eigenvalue weighted by atomic mass is 10.2. The molecule has 0 aliphatic heterocycles. The second-order valence-electron chi connectivity index (χ2n) is 2.56. The maximum Gasteiger partial charge on any atom is 0.175 e. The Morgan fingerprint density at radius 2 is 2.08 bits per heavy atom.